The summed E-state index contributed by atoms with van der Waals surface area (Å²) in [6.45, 7) is 2.62. The van der Waals surface area contributed by atoms with Crippen LogP contribution in [0.25, 0.3) is 0 Å². The predicted molar refractivity (Wildman–Crippen MR) is 100 cm³/mol. The van der Waals surface area contributed by atoms with Gasteiger partial charge in [-0.05, 0) is 25.3 Å². The van der Waals surface area contributed by atoms with Gasteiger partial charge in [0.2, 0.25) is 0 Å². The Hall–Kier alpha value is -2.16. The third-order valence-corrected chi connectivity index (χ3v) is 6.70. The van der Waals surface area contributed by atoms with Gasteiger partial charge < -0.3 is 4.90 Å². The van der Waals surface area contributed by atoms with Gasteiger partial charge in [0.05, 0.1) is 0 Å². The fraction of sp³-hybridized carbons (Fsp3) is 0.650. The minimum atomic E-state index is -4.75. The third kappa shape index (κ3) is 2.69. The number of nitrogens with zero attached hydrogens (tertiary/aromatic N) is 3. The van der Waals surface area contributed by atoms with Crippen molar-refractivity contribution in [2.24, 2.45) is 5.92 Å². The lowest BCUT2D eigenvalue weighted by molar-refractivity contribution is -0.547. The van der Waals surface area contributed by atoms with Crippen LogP contribution < -0.4 is 4.90 Å². The van der Waals surface area contributed by atoms with Gasteiger partial charge in [-0.3, -0.25) is 19.8 Å². The van der Waals surface area contributed by atoms with Crippen molar-refractivity contribution >= 4 is 11.6 Å². The van der Waals surface area contributed by atoms with Crippen LogP contribution in [0.15, 0.2) is 24.3 Å². The molecule has 158 valence electrons. The second-order valence-corrected chi connectivity index (χ2v) is 8.15. The number of rotatable bonds is 5. The Morgan fingerprint density at radius 2 is 2.00 bits per heavy atom. The first-order valence-corrected chi connectivity index (χ1v) is 10.1. The van der Waals surface area contributed by atoms with E-state index >= 15 is 0 Å². The lowest BCUT2D eigenvalue weighted by atomic mass is 9.79. The van der Waals surface area contributed by atoms with E-state index in [1.165, 1.54) is 9.80 Å². The molecule has 0 N–H and O–H groups in total. The van der Waals surface area contributed by atoms with Gasteiger partial charge in [-0.1, -0.05) is 38.0 Å². The molecule has 29 heavy (non-hydrogen) atoms. The fourth-order valence-electron chi connectivity index (χ4n) is 5.69. The van der Waals surface area contributed by atoms with Gasteiger partial charge in [0.25, 0.3) is 11.9 Å². The largest absolute Gasteiger partial charge is 0.400 e. The van der Waals surface area contributed by atoms with Crippen molar-refractivity contribution < 1.29 is 22.9 Å². The number of alkyl halides is 3. The standard InChI is InChI=1S/C20H24F3N3O3/c1-2-3-6-11-24-14-9-5-4-8-13(14)19(18(24)27)17(26(28)29)16(20(21,22)23)15-10-7-12-25(15)19/h4-5,8-9,15-17H,2-3,6-7,10-12H2,1H3/t15-,16-,17+,19+/m0/s1. The van der Waals surface area contributed by atoms with Crippen LogP contribution in [0.3, 0.4) is 0 Å². The Morgan fingerprint density at radius 1 is 1.28 bits per heavy atom. The Morgan fingerprint density at radius 3 is 2.66 bits per heavy atom. The van der Waals surface area contributed by atoms with Gasteiger partial charge in [-0.25, -0.2) is 0 Å². The number of fused-ring (bicyclic) bond motifs is 4. The molecule has 3 aliphatic rings. The summed E-state index contributed by atoms with van der Waals surface area (Å²) < 4.78 is 42.1. The van der Waals surface area contributed by atoms with Crippen LogP contribution in [0.1, 0.15) is 44.6 Å². The number of hydrogen-bond acceptors (Lipinski definition) is 4. The fourth-order valence-corrected chi connectivity index (χ4v) is 5.69. The lowest BCUT2D eigenvalue weighted by Crippen LogP contribution is -2.58. The molecule has 0 unspecified atom stereocenters. The number of para-hydroxylation sites is 1. The highest BCUT2D eigenvalue weighted by Crippen LogP contribution is 2.59. The molecule has 0 saturated carbocycles. The molecule has 3 aliphatic heterocycles. The van der Waals surface area contributed by atoms with E-state index in [-0.39, 0.29) is 13.0 Å². The first-order valence-electron chi connectivity index (χ1n) is 10.1. The first kappa shape index (κ1) is 20.1. The van der Waals surface area contributed by atoms with Crippen molar-refractivity contribution in [2.75, 3.05) is 18.0 Å². The van der Waals surface area contributed by atoms with Crippen LogP contribution in [0.5, 0.6) is 0 Å². The number of halogens is 3. The number of nitro groups is 1. The zero-order valence-corrected chi connectivity index (χ0v) is 16.2. The van der Waals surface area contributed by atoms with E-state index in [0.717, 1.165) is 12.8 Å². The molecule has 3 heterocycles. The lowest BCUT2D eigenvalue weighted by Gasteiger charge is -2.33. The number of carbonyl (C=O) groups is 1. The molecule has 1 amide bonds. The topological polar surface area (TPSA) is 66.7 Å². The molecule has 2 fully saturated rings. The smallest absolute Gasteiger partial charge is 0.310 e. The SMILES string of the molecule is CCCCCN1C(=O)[C@@]2(c3ccccc31)[C@H]([N+](=O)[O-])[C@@H](C(F)(F)F)[C@@H]1CCCN12. The molecule has 0 bridgehead atoms. The van der Waals surface area contributed by atoms with Crippen molar-refractivity contribution in [1.29, 1.82) is 0 Å². The highest BCUT2D eigenvalue weighted by molar-refractivity contribution is 6.08. The van der Waals surface area contributed by atoms with Crippen LogP contribution in [0, 0.1) is 16.0 Å². The van der Waals surface area contributed by atoms with Crippen molar-refractivity contribution in [3.05, 3.63) is 39.9 Å². The second-order valence-electron chi connectivity index (χ2n) is 8.15. The maximum Gasteiger partial charge on any atom is 0.400 e. The molecule has 0 aromatic heterocycles. The summed E-state index contributed by atoms with van der Waals surface area (Å²) in [6.07, 6.45) is -1.55. The van der Waals surface area contributed by atoms with E-state index in [1.54, 1.807) is 24.3 Å². The monoisotopic (exact) mass is 411 g/mol. The van der Waals surface area contributed by atoms with Gasteiger partial charge >= 0.3 is 6.18 Å². The average molecular weight is 411 g/mol. The van der Waals surface area contributed by atoms with E-state index in [1.807, 2.05) is 6.92 Å². The zero-order chi connectivity index (χ0) is 21.0. The number of unbranched alkanes of at least 4 members (excludes halogenated alkanes) is 2. The zero-order valence-electron chi connectivity index (χ0n) is 16.2. The Bertz CT molecular complexity index is 831. The number of hydrogen-bond donors (Lipinski definition) is 0. The number of anilines is 1. The number of amides is 1. The highest BCUT2D eigenvalue weighted by atomic mass is 19.4. The molecule has 0 aliphatic carbocycles. The summed E-state index contributed by atoms with van der Waals surface area (Å²) in [4.78, 5) is 27.9. The molecule has 2 saturated heterocycles. The number of carbonyl (C=O) groups excluding carboxylic acids is 1. The second kappa shape index (κ2) is 6.97. The molecule has 4 rings (SSSR count). The molecule has 0 radical (unpaired) electrons. The van der Waals surface area contributed by atoms with E-state index in [9.17, 15) is 28.1 Å². The Labute approximate surface area is 166 Å². The average Bonchev–Trinajstić information content (AvgIpc) is 3.29. The van der Waals surface area contributed by atoms with Crippen molar-refractivity contribution in [1.82, 2.24) is 4.90 Å². The molecule has 1 aromatic rings. The van der Waals surface area contributed by atoms with E-state index < -0.39 is 40.5 Å². The minimum absolute atomic E-state index is 0.210. The summed E-state index contributed by atoms with van der Waals surface area (Å²) >= 11 is 0. The maximum absolute atomic E-state index is 14.0. The van der Waals surface area contributed by atoms with Crippen molar-refractivity contribution in [2.45, 2.75) is 62.8 Å². The molecular formula is C20H24F3N3O3. The summed E-state index contributed by atoms with van der Waals surface area (Å²) in [7, 11) is 0. The van der Waals surface area contributed by atoms with Crippen molar-refractivity contribution in [3.8, 4) is 0 Å². The summed E-state index contributed by atoms with van der Waals surface area (Å²) in [5.74, 6) is -2.73. The summed E-state index contributed by atoms with van der Waals surface area (Å²) in [6, 6.07) is 3.56. The quantitative estimate of drug-likeness (QED) is 0.421. The maximum atomic E-state index is 14.0. The molecule has 4 atom stereocenters. The van der Waals surface area contributed by atoms with Crippen LogP contribution in [-0.4, -0.2) is 47.1 Å². The normalized spacial score (nSPS) is 31.5. The summed E-state index contributed by atoms with van der Waals surface area (Å²) in [5.41, 5.74) is -1.02. The van der Waals surface area contributed by atoms with Crippen LogP contribution >= 0.6 is 0 Å². The van der Waals surface area contributed by atoms with Gasteiger partial charge in [0, 0.05) is 35.3 Å². The first-order chi connectivity index (χ1) is 13.8. The van der Waals surface area contributed by atoms with Gasteiger partial charge in [0.1, 0.15) is 5.92 Å². The van der Waals surface area contributed by atoms with Gasteiger partial charge in [-0.15, -0.1) is 0 Å². The van der Waals surface area contributed by atoms with Crippen LogP contribution in [0.2, 0.25) is 0 Å². The number of benzene rings is 1. The Kier molecular flexibility index (Phi) is 4.83. The van der Waals surface area contributed by atoms with Crippen LogP contribution in [-0.2, 0) is 10.3 Å². The van der Waals surface area contributed by atoms with E-state index in [2.05, 4.69) is 0 Å². The molecule has 6 nitrogen and oxygen atoms in total. The van der Waals surface area contributed by atoms with E-state index in [4.69, 9.17) is 0 Å². The molecule has 1 spiro atoms. The van der Waals surface area contributed by atoms with Gasteiger partial charge in [-0.2, -0.15) is 13.2 Å². The van der Waals surface area contributed by atoms with Crippen molar-refractivity contribution in [3.63, 3.8) is 0 Å². The highest BCUT2D eigenvalue weighted by Gasteiger charge is 2.78. The van der Waals surface area contributed by atoms with E-state index in [0.29, 0.717) is 30.6 Å². The van der Waals surface area contributed by atoms with Crippen LogP contribution in [0.4, 0.5) is 18.9 Å². The molecule has 1 aromatic carbocycles. The molecular weight excluding hydrogens is 387 g/mol. The predicted octanol–water partition coefficient (Wildman–Crippen LogP) is 3.72. The van der Waals surface area contributed by atoms with Gasteiger partial charge in [0.15, 0.2) is 5.54 Å². The Balaban J connectivity index is 1.90. The minimum Gasteiger partial charge on any atom is -0.310 e. The molecule has 9 heteroatoms. The summed E-state index contributed by atoms with van der Waals surface area (Å²) in [5, 5.41) is 12.1. The third-order valence-electron chi connectivity index (χ3n) is 6.70.